The Kier molecular flexibility index (Phi) is 8.04. The molecule has 0 unspecified atom stereocenters. The normalized spacial score (nSPS) is 14.1. The predicted molar refractivity (Wildman–Crippen MR) is 154 cm³/mol. The summed E-state index contributed by atoms with van der Waals surface area (Å²) in [5.41, 5.74) is 3.36. The van der Waals surface area contributed by atoms with Gasteiger partial charge in [-0.3, -0.25) is 14.7 Å². The summed E-state index contributed by atoms with van der Waals surface area (Å²) in [6.07, 6.45) is 0. The van der Waals surface area contributed by atoms with E-state index in [0.29, 0.717) is 22.3 Å². The van der Waals surface area contributed by atoms with E-state index in [1.165, 1.54) is 0 Å². The number of likely N-dealkylation sites (N-methyl/N-ethyl adjacent to an activating group) is 1. The average Bonchev–Trinajstić information content (AvgIpc) is 3.31. The van der Waals surface area contributed by atoms with E-state index in [2.05, 4.69) is 37.7 Å². The Morgan fingerprint density at radius 3 is 2.21 bits per heavy atom. The topological polar surface area (TPSA) is 93.4 Å². The maximum absolute atomic E-state index is 13.1. The lowest BCUT2D eigenvalue weighted by Gasteiger charge is -2.34. The van der Waals surface area contributed by atoms with Gasteiger partial charge < -0.3 is 20.4 Å². The molecule has 8 nitrogen and oxygen atoms in total. The first-order valence-electron chi connectivity index (χ1n) is 12.5. The number of hydrogen-bond donors (Lipinski definition) is 3. The molecule has 1 fully saturated rings. The van der Waals surface area contributed by atoms with Crippen molar-refractivity contribution in [1.82, 2.24) is 20.4 Å². The molecule has 0 aliphatic carbocycles. The lowest BCUT2D eigenvalue weighted by Crippen LogP contribution is -2.44. The van der Waals surface area contributed by atoms with E-state index in [0.717, 1.165) is 42.9 Å². The third-order valence-corrected chi connectivity index (χ3v) is 6.98. The van der Waals surface area contributed by atoms with E-state index >= 15 is 0 Å². The SMILES string of the molecule is CN1CCN(c2ccc(C(=O)Nc3n[nH]c4ccc(C(=O)NC(C)(C)c5ccccc5)cc34)cc2)CC1.Cl. The fourth-order valence-electron chi connectivity index (χ4n) is 4.60. The van der Waals surface area contributed by atoms with Crippen LogP contribution in [-0.2, 0) is 5.54 Å². The van der Waals surface area contributed by atoms with Gasteiger partial charge in [-0.15, -0.1) is 12.4 Å². The molecular formula is C29H33ClN6O2. The Morgan fingerprint density at radius 1 is 0.868 bits per heavy atom. The summed E-state index contributed by atoms with van der Waals surface area (Å²) in [6, 6.07) is 22.8. The van der Waals surface area contributed by atoms with Gasteiger partial charge in [0.15, 0.2) is 5.82 Å². The molecule has 1 aliphatic rings. The van der Waals surface area contributed by atoms with Crippen LogP contribution in [0.25, 0.3) is 10.9 Å². The Labute approximate surface area is 228 Å². The summed E-state index contributed by atoms with van der Waals surface area (Å²) in [6.45, 7) is 7.94. The van der Waals surface area contributed by atoms with Gasteiger partial charge in [-0.2, -0.15) is 5.10 Å². The molecule has 3 aromatic carbocycles. The summed E-state index contributed by atoms with van der Waals surface area (Å²) in [4.78, 5) is 30.7. The Morgan fingerprint density at radius 2 is 1.53 bits per heavy atom. The van der Waals surface area contributed by atoms with Gasteiger partial charge in [0.1, 0.15) is 0 Å². The number of aromatic amines is 1. The van der Waals surface area contributed by atoms with Crippen molar-refractivity contribution in [3.63, 3.8) is 0 Å². The highest BCUT2D eigenvalue weighted by Crippen LogP contribution is 2.25. The third-order valence-electron chi connectivity index (χ3n) is 6.98. The highest BCUT2D eigenvalue weighted by atomic mass is 35.5. The van der Waals surface area contributed by atoms with Crippen LogP contribution in [0.2, 0.25) is 0 Å². The lowest BCUT2D eigenvalue weighted by atomic mass is 9.94. The summed E-state index contributed by atoms with van der Waals surface area (Å²) < 4.78 is 0. The first kappa shape index (κ1) is 27.2. The summed E-state index contributed by atoms with van der Waals surface area (Å²) in [5, 5.41) is 13.9. The summed E-state index contributed by atoms with van der Waals surface area (Å²) in [7, 11) is 2.13. The van der Waals surface area contributed by atoms with Crippen molar-refractivity contribution in [2.75, 3.05) is 43.4 Å². The minimum absolute atomic E-state index is 0. The van der Waals surface area contributed by atoms with E-state index in [1.54, 1.807) is 18.2 Å². The number of amides is 2. The summed E-state index contributed by atoms with van der Waals surface area (Å²) >= 11 is 0. The number of hydrogen-bond acceptors (Lipinski definition) is 5. The number of benzene rings is 3. The van der Waals surface area contributed by atoms with E-state index in [4.69, 9.17) is 0 Å². The number of fused-ring (bicyclic) bond motifs is 1. The minimum atomic E-state index is -0.545. The van der Waals surface area contributed by atoms with Gasteiger partial charge in [-0.1, -0.05) is 30.3 Å². The highest BCUT2D eigenvalue weighted by Gasteiger charge is 2.24. The Hall–Kier alpha value is -3.88. The van der Waals surface area contributed by atoms with Crippen LogP contribution >= 0.6 is 12.4 Å². The van der Waals surface area contributed by atoms with Crippen LogP contribution in [0.3, 0.4) is 0 Å². The number of piperazine rings is 1. The average molecular weight is 533 g/mol. The number of halogens is 1. The van der Waals surface area contributed by atoms with E-state index in [9.17, 15) is 9.59 Å². The van der Waals surface area contributed by atoms with Crippen molar-refractivity contribution in [3.05, 3.63) is 89.5 Å². The zero-order valence-corrected chi connectivity index (χ0v) is 22.6. The predicted octanol–water partition coefficient (Wildman–Crippen LogP) is 4.65. The lowest BCUT2D eigenvalue weighted by molar-refractivity contribution is 0.0911. The molecule has 5 rings (SSSR count). The molecule has 0 atom stereocenters. The van der Waals surface area contributed by atoms with E-state index in [1.807, 2.05) is 68.4 Å². The van der Waals surface area contributed by atoms with Gasteiger partial charge in [0.25, 0.3) is 11.8 Å². The number of carbonyl (C=O) groups excluding carboxylic acids is 2. The van der Waals surface area contributed by atoms with Gasteiger partial charge >= 0.3 is 0 Å². The highest BCUT2D eigenvalue weighted by molar-refractivity contribution is 6.09. The summed E-state index contributed by atoms with van der Waals surface area (Å²) in [5.74, 6) is -0.0627. The number of anilines is 2. The molecule has 38 heavy (non-hydrogen) atoms. The molecule has 9 heteroatoms. The zero-order valence-electron chi connectivity index (χ0n) is 21.8. The molecule has 1 aliphatic heterocycles. The largest absolute Gasteiger partial charge is 0.369 e. The van der Waals surface area contributed by atoms with Crippen LogP contribution < -0.4 is 15.5 Å². The van der Waals surface area contributed by atoms with Gasteiger partial charge in [-0.25, -0.2) is 0 Å². The maximum Gasteiger partial charge on any atom is 0.256 e. The smallest absolute Gasteiger partial charge is 0.256 e. The molecule has 0 spiro atoms. The standard InChI is InChI=1S/C29H32N6O2.ClH/c1-29(2,22-7-5-4-6-8-22)31-28(37)21-11-14-25-24(19-21)26(33-32-25)30-27(36)20-9-12-23(13-10-20)35-17-15-34(3)16-18-35;/h4-14,19H,15-18H2,1-3H3,(H,31,37)(H2,30,32,33,36);1H. The van der Waals surface area contributed by atoms with Gasteiger partial charge in [0, 0.05) is 48.4 Å². The minimum Gasteiger partial charge on any atom is -0.369 e. The molecular weight excluding hydrogens is 500 g/mol. The molecule has 2 heterocycles. The molecule has 4 aromatic rings. The van der Waals surface area contributed by atoms with Crippen LogP contribution in [0, 0.1) is 0 Å². The number of nitrogens with one attached hydrogen (secondary N) is 3. The fourth-order valence-corrected chi connectivity index (χ4v) is 4.60. The Bertz CT molecular complexity index is 1410. The number of rotatable bonds is 6. The molecule has 2 amide bonds. The number of carbonyl (C=O) groups is 2. The molecule has 0 saturated carbocycles. The molecule has 1 aromatic heterocycles. The second-order valence-corrected chi connectivity index (χ2v) is 10.1. The van der Waals surface area contributed by atoms with Crippen molar-refractivity contribution >= 4 is 46.6 Å². The van der Waals surface area contributed by atoms with E-state index < -0.39 is 5.54 Å². The molecule has 0 bridgehead atoms. The fraction of sp³-hybridized carbons (Fsp3) is 0.276. The number of H-pyrrole nitrogens is 1. The molecule has 3 N–H and O–H groups in total. The van der Waals surface area contributed by atoms with Gasteiger partial charge in [-0.05, 0) is 68.9 Å². The zero-order chi connectivity index (χ0) is 26.0. The molecule has 198 valence electrons. The first-order valence-corrected chi connectivity index (χ1v) is 12.5. The number of aromatic nitrogens is 2. The van der Waals surface area contributed by atoms with Crippen molar-refractivity contribution in [1.29, 1.82) is 0 Å². The second kappa shape index (κ2) is 11.2. The van der Waals surface area contributed by atoms with Gasteiger partial charge in [0.2, 0.25) is 0 Å². The van der Waals surface area contributed by atoms with E-state index in [-0.39, 0.29) is 24.2 Å². The second-order valence-electron chi connectivity index (χ2n) is 10.1. The van der Waals surface area contributed by atoms with Crippen LogP contribution in [0.4, 0.5) is 11.5 Å². The van der Waals surface area contributed by atoms with Crippen LogP contribution in [-0.4, -0.2) is 60.1 Å². The quantitative estimate of drug-likeness (QED) is 0.336. The third kappa shape index (κ3) is 5.82. The number of nitrogens with zero attached hydrogens (tertiary/aromatic N) is 3. The van der Waals surface area contributed by atoms with Crippen molar-refractivity contribution < 1.29 is 9.59 Å². The molecule has 0 radical (unpaired) electrons. The maximum atomic E-state index is 13.1. The van der Waals surface area contributed by atoms with Crippen LogP contribution in [0.5, 0.6) is 0 Å². The molecule has 1 saturated heterocycles. The van der Waals surface area contributed by atoms with Crippen LogP contribution in [0.1, 0.15) is 40.1 Å². The van der Waals surface area contributed by atoms with Crippen molar-refractivity contribution in [3.8, 4) is 0 Å². The van der Waals surface area contributed by atoms with Crippen LogP contribution in [0.15, 0.2) is 72.8 Å². The van der Waals surface area contributed by atoms with Crippen molar-refractivity contribution in [2.24, 2.45) is 0 Å². The first-order chi connectivity index (χ1) is 17.8. The monoisotopic (exact) mass is 532 g/mol. The van der Waals surface area contributed by atoms with Gasteiger partial charge in [0.05, 0.1) is 11.1 Å². The van der Waals surface area contributed by atoms with Crippen molar-refractivity contribution in [2.45, 2.75) is 19.4 Å². The Balaban J connectivity index is 0.00000336.